The van der Waals surface area contributed by atoms with E-state index in [2.05, 4.69) is 17.3 Å². The zero-order chi connectivity index (χ0) is 10.6. The third kappa shape index (κ3) is 3.64. The molecular formula is C10H20N2O2. The van der Waals surface area contributed by atoms with Gasteiger partial charge in [-0.3, -0.25) is 4.79 Å². The summed E-state index contributed by atoms with van der Waals surface area (Å²) in [5.74, 6) is -0.749. The summed E-state index contributed by atoms with van der Waals surface area (Å²) in [5, 5.41) is 11.8. The largest absolute Gasteiger partial charge is 0.480 e. The van der Waals surface area contributed by atoms with E-state index in [-0.39, 0.29) is 6.04 Å². The van der Waals surface area contributed by atoms with Crippen molar-refractivity contribution in [3.8, 4) is 0 Å². The highest BCUT2D eigenvalue weighted by Crippen LogP contribution is 2.24. The summed E-state index contributed by atoms with van der Waals surface area (Å²) in [5.41, 5.74) is 0. The van der Waals surface area contributed by atoms with Gasteiger partial charge in [0.2, 0.25) is 0 Å². The van der Waals surface area contributed by atoms with Gasteiger partial charge >= 0.3 is 5.97 Å². The topological polar surface area (TPSA) is 52.6 Å². The molecule has 1 unspecified atom stereocenters. The molecule has 1 saturated carbocycles. The van der Waals surface area contributed by atoms with Gasteiger partial charge in [-0.05, 0) is 26.3 Å². The fraction of sp³-hybridized carbons (Fsp3) is 0.900. The van der Waals surface area contributed by atoms with Gasteiger partial charge < -0.3 is 15.3 Å². The summed E-state index contributed by atoms with van der Waals surface area (Å²) in [7, 11) is 2.10. The third-order valence-corrected chi connectivity index (χ3v) is 2.73. The molecule has 1 atom stereocenters. The lowest BCUT2D eigenvalue weighted by molar-refractivity contribution is -0.139. The lowest BCUT2D eigenvalue weighted by Crippen LogP contribution is -2.40. The predicted molar refractivity (Wildman–Crippen MR) is 55.4 cm³/mol. The smallest absolute Gasteiger partial charge is 0.320 e. The van der Waals surface area contributed by atoms with E-state index in [0.29, 0.717) is 6.42 Å². The van der Waals surface area contributed by atoms with Crippen molar-refractivity contribution in [2.24, 2.45) is 0 Å². The van der Waals surface area contributed by atoms with Gasteiger partial charge in [0.1, 0.15) is 6.04 Å². The molecule has 1 rings (SSSR count). The molecule has 2 N–H and O–H groups in total. The Kier molecular flexibility index (Phi) is 4.35. The van der Waals surface area contributed by atoms with E-state index in [1.807, 2.05) is 6.92 Å². The summed E-state index contributed by atoms with van der Waals surface area (Å²) >= 11 is 0. The summed E-state index contributed by atoms with van der Waals surface area (Å²) < 4.78 is 0. The summed E-state index contributed by atoms with van der Waals surface area (Å²) in [6, 6.07) is 0.365. The van der Waals surface area contributed by atoms with Crippen molar-refractivity contribution in [2.45, 2.75) is 38.3 Å². The second kappa shape index (κ2) is 5.32. The zero-order valence-electron chi connectivity index (χ0n) is 8.99. The summed E-state index contributed by atoms with van der Waals surface area (Å²) in [6.45, 7) is 3.59. The normalized spacial score (nSPS) is 18.5. The molecular weight excluding hydrogens is 180 g/mol. The molecule has 0 aromatic heterocycles. The molecule has 0 aromatic rings. The molecule has 4 nitrogen and oxygen atoms in total. The number of nitrogens with one attached hydrogen (secondary N) is 1. The lowest BCUT2D eigenvalue weighted by atomic mass is 10.2. The Bertz CT molecular complexity index is 193. The van der Waals surface area contributed by atoms with Gasteiger partial charge in [0.05, 0.1) is 0 Å². The van der Waals surface area contributed by atoms with Crippen molar-refractivity contribution in [2.75, 3.05) is 20.1 Å². The van der Waals surface area contributed by atoms with Crippen molar-refractivity contribution in [1.29, 1.82) is 0 Å². The van der Waals surface area contributed by atoms with E-state index in [9.17, 15) is 4.79 Å². The van der Waals surface area contributed by atoms with Crippen LogP contribution in [-0.2, 0) is 4.79 Å². The molecule has 1 fully saturated rings. The van der Waals surface area contributed by atoms with E-state index < -0.39 is 5.97 Å². The van der Waals surface area contributed by atoms with Crippen LogP contribution in [0.3, 0.4) is 0 Å². The van der Waals surface area contributed by atoms with Crippen molar-refractivity contribution < 1.29 is 9.90 Å². The van der Waals surface area contributed by atoms with Gasteiger partial charge in [0.25, 0.3) is 0 Å². The number of hydrogen-bond donors (Lipinski definition) is 2. The van der Waals surface area contributed by atoms with E-state index in [0.717, 1.165) is 19.1 Å². The van der Waals surface area contributed by atoms with Crippen LogP contribution in [-0.4, -0.2) is 48.2 Å². The molecule has 4 heteroatoms. The first-order valence-corrected chi connectivity index (χ1v) is 5.31. The van der Waals surface area contributed by atoms with E-state index in [1.165, 1.54) is 12.8 Å². The monoisotopic (exact) mass is 200 g/mol. The zero-order valence-corrected chi connectivity index (χ0v) is 8.99. The maximum atomic E-state index is 10.7. The molecule has 0 spiro atoms. The third-order valence-electron chi connectivity index (χ3n) is 2.73. The van der Waals surface area contributed by atoms with Gasteiger partial charge in [-0.25, -0.2) is 0 Å². The molecule has 0 amide bonds. The Hall–Kier alpha value is -0.610. The van der Waals surface area contributed by atoms with Crippen LogP contribution in [0, 0.1) is 0 Å². The van der Waals surface area contributed by atoms with Crippen LogP contribution >= 0.6 is 0 Å². The van der Waals surface area contributed by atoms with Gasteiger partial charge in [0, 0.05) is 19.1 Å². The van der Waals surface area contributed by atoms with Crippen LogP contribution in [0.2, 0.25) is 0 Å². The lowest BCUT2D eigenvalue weighted by Gasteiger charge is -2.18. The predicted octanol–water partition coefficient (Wildman–Crippen LogP) is 0.533. The molecule has 0 aromatic carbocycles. The number of carboxylic acid groups (broad SMARTS) is 1. The Labute approximate surface area is 85.3 Å². The Morgan fingerprint density at radius 1 is 1.64 bits per heavy atom. The average molecular weight is 200 g/mol. The Balaban J connectivity index is 2.09. The second-order valence-corrected chi connectivity index (χ2v) is 3.96. The van der Waals surface area contributed by atoms with Gasteiger partial charge in [-0.15, -0.1) is 0 Å². The van der Waals surface area contributed by atoms with Crippen molar-refractivity contribution in [3.05, 3.63) is 0 Å². The van der Waals surface area contributed by atoms with Crippen molar-refractivity contribution in [1.82, 2.24) is 10.2 Å². The van der Waals surface area contributed by atoms with Crippen LogP contribution in [0.1, 0.15) is 26.2 Å². The van der Waals surface area contributed by atoms with Gasteiger partial charge in [-0.2, -0.15) is 0 Å². The number of carboxylic acids is 1. The van der Waals surface area contributed by atoms with Gasteiger partial charge in [-0.1, -0.05) is 6.92 Å². The fourth-order valence-corrected chi connectivity index (χ4v) is 1.52. The Morgan fingerprint density at radius 2 is 2.29 bits per heavy atom. The minimum absolute atomic E-state index is 0.386. The molecule has 1 aliphatic rings. The molecule has 0 bridgehead atoms. The maximum Gasteiger partial charge on any atom is 0.320 e. The first-order valence-electron chi connectivity index (χ1n) is 5.31. The number of nitrogens with zero attached hydrogens (tertiary/aromatic N) is 1. The van der Waals surface area contributed by atoms with Crippen molar-refractivity contribution >= 4 is 5.97 Å². The number of hydrogen-bond acceptors (Lipinski definition) is 3. The SMILES string of the molecule is CCC(NCCN(C)C1CC1)C(=O)O. The van der Waals surface area contributed by atoms with E-state index in [1.54, 1.807) is 0 Å². The molecule has 0 heterocycles. The van der Waals surface area contributed by atoms with E-state index in [4.69, 9.17) is 5.11 Å². The van der Waals surface area contributed by atoms with Crippen LogP contribution < -0.4 is 5.32 Å². The number of aliphatic carboxylic acids is 1. The molecule has 82 valence electrons. The number of likely N-dealkylation sites (N-methyl/N-ethyl adjacent to an activating group) is 1. The highest BCUT2D eigenvalue weighted by Gasteiger charge is 2.25. The summed E-state index contributed by atoms with van der Waals surface area (Å²) in [4.78, 5) is 13.0. The molecule has 14 heavy (non-hydrogen) atoms. The van der Waals surface area contributed by atoms with Crippen LogP contribution in [0.4, 0.5) is 0 Å². The molecule has 0 aliphatic heterocycles. The minimum atomic E-state index is -0.749. The molecule has 0 saturated heterocycles. The van der Waals surface area contributed by atoms with E-state index >= 15 is 0 Å². The minimum Gasteiger partial charge on any atom is -0.480 e. The highest BCUT2D eigenvalue weighted by molar-refractivity contribution is 5.73. The second-order valence-electron chi connectivity index (χ2n) is 3.96. The van der Waals surface area contributed by atoms with Crippen LogP contribution in [0.5, 0.6) is 0 Å². The Morgan fingerprint density at radius 3 is 2.71 bits per heavy atom. The highest BCUT2D eigenvalue weighted by atomic mass is 16.4. The number of carbonyl (C=O) groups is 1. The fourth-order valence-electron chi connectivity index (χ4n) is 1.52. The standard InChI is InChI=1S/C10H20N2O2/c1-3-9(10(13)14)11-6-7-12(2)8-4-5-8/h8-9,11H,3-7H2,1-2H3,(H,13,14). The molecule has 0 radical (unpaired) electrons. The summed E-state index contributed by atoms with van der Waals surface area (Å²) in [6.07, 6.45) is 3.24. The average Bonchev–Trinajstić information content (AvgIpc) is 2.94. The van der Waals surface area contributed by atoms with Crippen molar-refractivity contribution in [3.63, 3.8) is 0 Å². The van der Waals surface area contributed by atoms with Crippen LogP contribution in [0.25, 0.3) is 0 Å². The van der Waals surface area contributed by atoms with Gasteiger partial charge in [0.15, 0.2) is 0 Å². The maximum absolute atomic E-state index is 10.7. The van der Waals surface area contributed by atoms with Crippen LogP contribution in [0.15, 0.2) is 0 Å². The number of rotatable bonds is 7. The first kappa shape index (κ1) is 11.5. The first-order chi connectivity index (χ1) is 6.65. The quantitative estimate of drug-likeness (QED) is 0.629. The molecule has 1 aliphatic carbocycles.